The predicted octanol–water partition coefficient (Wildman–Crippen LogP) is 3.99. The van der Waals surface area contributed by atoms with Gasteiger partial charge in [0, 0.05) is 10.8 Å². The molecule has 4 aromatic carbocycles. The first-order valence-corrected chi connectivity index (χ1v) is 9.22. The molecule has 0 spiro atoms. The minimum atomic E-state index is -0.289. The van der Waals surface area contributed by atoms with E-state index in [0.717, 1.165) is 11.1 Å². The van der Waals surface area contributed by atoms with Gasteiger partial charge in [-0.3, -0.25) is 9.98 Å². The molecule has 4 nitrogen and oxygen atoms in total. The SMILES string of the molecule is Oc1c2c(c(O)c3ccccc13)=N[C@H](c1ccccc1)[C@@H](c1ccccc1)N=2. The molecule has 0 aromatic heterocycles. The molecule has 0 saturated heterocycles. The van der Waals surface area contributed by atoms with Crippen LogP contribution in [0.2, 0.25) is 0 Å². The Morgan fingerprint density at radius 1 is 0.500 bits per heavy atom. The topological polar surface area (TPSA) is 65.2 Å². The molecular formula is C24H18N2O2. The number of rotatable bonds is 2. The van der Waals surface area contributed by atoms with Crippen molar-refractivity contribution in [2.24, 2.45) is 9.98 Å². The second-order valence-corrected chi connectivity index (χ2v) is 6.91. The van der Waals surface area contributed by atoms with E-state index in [9.17, 15) is 10.2 Å². The molecular weight excluding hydrogens is 348 g/mol. The van der Waals surface area contributed by atoms with Crippen LogP contribution in [-0.4, -0.2) is 10.2 Å². The van der Waals surface area contributed by atoms with Crippen LogP contribution >= 0.6 is 0 Å². The van der Waals surface area contributed by atoms with E-state index in [4.69, 9.17) is 9.98 Å². The smallest absolute Gasteiger partial charge is 0.151 e. The van der Waals surface area contributed by atoms with E-state index in [1.807, 2.05) is 72.8 Å². The summed E-state index contributed by atoms with van der Waals surface area (Å²) in [5.74, 6) is 0.110. The van der Waals surface area contributed by atoms with Gasteiger partial charge in [0.2, 0.25) is 0 Å². The third-order valence-corrected chi connectivity index (χ3v) is 5.23. The van der Waals surface area contributed by atoms with E-state index in [1.54, 1.807) is 12.1 Å². The zero-order valence-corrected chi connectivity index (χ0v) is 15.0. The van der Waals surface area contributed by atoms with Crippen molar-refractivity contribution in [2.45, 2.75) is 12.1 Å². The molecule has 1 heterocycles. The second-order valence-electron chi connectivity index (χ2n) is 6.91. The highest BCUT2D eigenvalue weighted by Crippen LogP contribution is 2.37. The molecule has 4 aromatic rings. The van der Waals surface area contributed by atoms with Gasteiger partial charge >= 0.3 is 0 Å². The number of hydrogen-bond donors (Lipinski definition) is 2. The Bertz CT molecular complexity index is 1180. The number of hydrogen-bond acceptors (Lipinski definition) is 4. The summed E-state index contributed by atoms with van der Waals surface area (Å²) in [4.78, 5) is 9.76. The van der Waals surface area contributed by atoms with E-state index in [1.165, 1.54) is 0 Å². The van der Waals surface area contributed by atoms with Gasteiger partial charge in [-0.05, 0) is 11.1 Å². The molecule has 4 heteroatoms. The van der Waals surface area contributed by atoms with E-state index in [0.29, 0.717) is 21.5 Å². The van der Waals surface area contributed by atoms with Crippen molar-refractivity contribution in [3.8, 4) is 11.5 Å². The minimum absolute atomic E-state index is 0.0552. The normalized spacial score (nSPS) is 18.1. The average molecular weight is 366 g/mol. The van der Waals surface area contributed by atoms with Crippen LogP contribution in [0.3, 0.4) is 0 Å². The van der Waals surface area contributed by atoms with Crippen LogP contribution in [0.25, 0.3) is 10.8 Å². The first-order chi connectivity index (χ1) is 13.7. The number of nitrogens with zero attached hydrogens (tertiary/aromatic N) is 2. The lowest BCUT2D eigenvalue weighted by molar-refractivity contribution is 0.438. The molecule has 136 valence electrons. The quantitative estimate of drug-likeness (QED) is 0.527. The maximum absolute atomic E-state index is 10.9. The van der Waals surface area contributed by atoms with Crippen molar-refractivity contribution in [3.05, 3.63) is 107 Å². The summed E-state index contributed by atoms with van der Waals surface area (Å²) in [5.41, 5.74) is 2.02. The molecule has 28 heavy (non-hydrogen) atoms. The van der Waals surface area contributed by atoms with Crippen molar-refractivity contribution in [1.29, 1.82) is 0 Å². The standard InChI is InChI=1S/C24H18N2O2/c27-23-17-13-7-8-14-18(17)24(28)22-21(23)25-19(15-9-3-1-4-10-15)20(26-22)16-11-5-2-6-12-16/h1-14,19-20,27-28H/t19-,20-/m1/s1. The van der Waals surface area contributed by atoms with E-state index in [-0.39, 0.29) is 23.6 Å². The maximum Gasteiger partial charge on any atom is 0.151 e. The van der Waals surface area contributed by atoms with Gasteiger partial charge in [-0.15, -0.1) is 0 Å². The zero-order chi connectivity index (χ0) is 19.1. The molecule has 1 aliphatic rings. The van der Waals surface area contributed by atoms with Crippen molar-refractivity contribution in [1.82, 2.24) is 0 Å². The van der Waals surface area contributed by atoms with Crippen LogP contribution < -0.4 is 10.7 Å². The highest BCUT2D eigenvalue weighted by Gasteiger charge is 2.28. The van der Waals surface area contributed by atoms with E-state index in [2.05, 4.69) is 0 Å². The molecule has 0 radical (unpaired) electrons. The molecule has 0 bridgehead atoms. The Kier molecular flexibility index (Phi) is 3.83. The van der Waals surface area contributed by atoms with Crippen molar-refractivity contribution in [3.63, 3.8) is 0 Å². The Labute approximate surface area is 161 Å². The number of aromatic hydroxyl groups is 2. The van der Waals surface area contributed by atoms with Crippen LogP contribution in [-0.2, 0) is 0 Å². The minimum Gasteiger partial charge on any atom is -0.505 e. The third kappa shape index (κ3) is 2.54. The molecule has 0 aliphatic carbocycles. The average Bonchev–Trinajstić information content (AvgIpc) is 2.78. The fourth-order valence-electron chi connectivity index (χ4n) is 3.85. The van der Waals surface area contributed by atoms with Crippen LogP contribution in [0.15, 0.2) is 94.9 Å². The largest absolute Gasteiger partial charge is 0.505 e. The van der Waals surface area contributed by atoms with Gasteiger partial charge in [0.25, 0.3) is 0 Å². The van der Waals surface area contributed by atoms with Gasteiger partial charge in [0.05, 0.1) is 0 Å². The fraction of sp³-hybridized carbons (Fsp3) is 0.0833. The number of phenolic OH excluding ortho intramolecular Hbond substituents is 2. The summed E-state index contributed by atoms with van der Waals surface area (Å²) in [5, 5.41) is 23.6. The van der Waals surface area contributed by atoms with Crippen LogP contribution in [0.1, 0.15) is 23.2 Å². The molecule has 0 fully saturated rings. The first-order valence-electron chi connectivity index (χ1n) is 9.22. The third-order valence-electron chi connectivity index (χ3n) is 5.23. The van der Waals surface area contributed by atoms with Gasteiger partial charge in [0.1, 0.15) is 22.8 Å². The van der Waals surface area contributed by atoms with Gasteiger partial charge in [-0.1, -0.05) is 84.9 Å². The second kappa shape index (κ2) is 6.50. The first kappa shape index (κ1) is 16.5. The lowest BCUT2D eigenvalue weighted by Gasteiger charge is -2.25. The Morgan fingerprint density at radius 2 is 0.857 bits per heavy atom. The fourth-order valence-corrected chi connectivity index (χ4v) is 3.85. The summed E-state index contributed by atoms with van der Waals surface area (Å²) >= 11 is 0. The summed E-state index contributed by atoms with van der Waals surface area (Å²) in [7, 11) is 0. The maximum atomic E-state index is 10.9. The van der Waals surface area contributed by atoms with E-state index >= 15 is 0 Å². The molecule has 1 aliphatic heterocycles. The summed E-state index contributed by atoms with van der Waals surface area (Å²) in [6.45, 7) is 0. The van der Waals surface area contributed by atoms with Gasteiger partial charge in [-0.25, -0.2) is 0 Å². The van der Waals surface area contributed by atoms with Crippen molar-refractivity contribution >= 4 is 10.8 Å². The summed E-state index contributed by atoms with van der Waals surface area (Å²) < 4.78 is 0. The van der Waals surface area contributed by atoms with Crippen molar-refractivity contribution < 1.29 is 10.2 Å². The summed E-state index contributed by atoms with van der Waals surface area (Å²) in [6.07, 6.45) is 0. The number of benzene rings is 4. The molecule has 2 atom stereocenters. The Balaban J connectivity index is 1.86. The van der Waals surface area contributed by atoms with Crippen LogP contribution in [0, 0.1) is 0 Å². The highest BCUT2D eigenvalue weighted by molar-refractivity contribution is 5.92. The van der Waals surface area contributed by atoms with E-state index < -0.39 is 0 Å². The molecule has 0 saturated carbocycles. The number of fused-ring (bicyclic) bond motifs is 2. The Morgan fingerprint density at radius 3 is 1.25 bits per heavy atom. The predicted molar refractivity (Wildman–Crippen MR) is 108 cm³/mol. The molecule has 5 rings (SSSR count). The Hall–Kier alpha value is -3.66. The summed E-state index contributed by atoms with van der Waals surface area (Å²) in [6, 6.07) is 26.5. The number of phenols is 2. The zero-order valence-electron chi connectivity index (χ0n) is 15.0. The van der Waals surface area contributed by atoms with Crippen molar-refractivity contribution in [2.75, 3.05) is 0 Å². The van der Waals surface area contributed by atoms with Gasteiger partial charge in [-0.2, -0.15) is 0 Å². The van der Waals surface area contributed by atoms with Crippen LogP contribution in [0.4, 0.5) is 0 Å². The molecule has 2 N–H and O–H groups in total. The van der Waals surface area contributed by atoms with Gasteiger partial charge in [0.15, 0.2) is 11.5 Å². The lowest BCUT2D eigenvalue weighted by Crippen LogP contribution is -2.33. The molecule has 0 amide bonds. The monoisotopic (exact) mass is 366 g/mol. The van der Waals surface area contributed by atoms with Gasteiger partial charge < -0.3 is 10.2 Å². The highest BCUT2D eigenvalue weighted by atomic mass is 16.3. The lowest BCUT2D eigenvalue weighted by atomic mass is 9.93. The van der Waals surface area contributed by atoms with Crippen LogP contribution in [0.5, 0.6) is 11.5 Å². The molecule has 0 unspecified atom stereocenters.